The number of rotatable bonds is 9. The minimum absolute atomic E-state index is 0.0117. The Hall–Kier alpha value is -3.20. The number of aliphatic hydroxyl groups excluding tert-OH is 2. The van der Waals surface area contributed by atoms with E-state index in [1.54, 1.807) is 22.3 Å². The average molecular weight is 667 g/mol. The van der Waals surface area contributed by atoms with Gasteiger partial charge in [-0.25, -0.2) is 0 Å². The van der Waals surface area contributed by atoms with Gasteiger partial charge in [0, 0.05) is 24.0 Å². The summed E-state index contributed by atoms with van der Waals surface area (Å²) >= 11 is 0. The molecule has 0 bridgehead atoms. The van der Waals surface area contributed by atoms with Crippen molar-refractivity contribution < 1.29 is 10.2 Å². The molecule has 2 fully saturated rings. The number of benzene rings is 4. The van der Waals surface area contributed by atoms with Gasteiger partial charge in [0.1, 0.15) is 0 Å². The van der Waals surface area contributed by atoms with E-state index >= 15 is 0 Å². The molecule has 4 aromatic carbocycles. The first kappa shape index (κ1) is 33.9. The Morgan fingerprint density at radius 2 is 0.640 bits per heavy atom. The fourth-order valence-electron chi connectivity index (χ4n) is 11.6. The first-order valence-corrected chi connectivity index (χ1v) is 20.3. The summed E-state index contributed by atoms with van der Waals surface area (Å²) in [6, 6.07) is 37.7. The number of hydrogen-bond donors (Lipinski definition) is 2. The molecule has 0 unspecified atom stereocenters. The van der Waals surface area contributed by atoms with Gasteiger partial charge in [0.05, 0.1) is 0 Å². The van der Waals surface area contributed by atoms with Gasteiger partial charge in [0.25, 0.3) is 0 Å². The molecule has 0 aromatic heterocycles. The van der Waals surface area contributed by atoms with Crippen LogP contribution in [0.25, 0.3) is 22.3 Å². The third-order valence-electron chi connectivity index (χ3n) is 14.0. The zero-order valence-electron chi connectivity index (χ0n) is 30.2. The minimum atomic E-state index is -0.0117. The third-order valence-corrected chi connectivity index (χ3v) is 14.0. The lowest BCUT2D eigenvalue weighted by molar-refractivity contribution is 0.178. The molecule has 0 aliphatic heterocycles. The molecule has 2 heteroatoms. The average Bonchev–Trinajstić information content (AvgIpc) is 3.57. The zero-order valence-corrected chi connectivity index (χ0v) is 30.2. The van der Waals surface area contributed by atoms with E-state index in [9.17, 15) is 10.2 Å². The Morgan fingerprint density at radius 1 is 0.380 bits per heavy atom. The Labute approximate surface area is 301 Å². The Kier molecular flexibility index (Phi) is 10.0. The highest BCUT2D eigenvalue weighted by Gasteiger charge is 2.49. The Morgan fingerprint density at radius 3 is 0.920 bits per heavy atom. The predicted octanol–water partition coefficient (Wildman–Crippen LogP) is 11.6. The summed E-state index contributed by atoms with van der Waals surface area (Å²) in [7, 11) is 0. The Bertz CT molecular complexity index is 1510. The smallest absolute Gasteiger partial charge is 0.0459 e. The van der Waals surface area contributed by atoms with Gasteiger partial charge in [-0.05, 0) is 120 Å². The lowest BCUT2D eigenvalue weighted by atomic mass is 9.61. The van der Waals surface area contributed by atoms with Crippen LogP contribution in [0.2, 0.25) is 0 Å². The number of aliphatic hydroxyl groups is 2. The molecule has 4 aromatic rings. The van der Waals surface area contributed by atoms with Crippen LogP contribution in [0.3, 0.4) is 0 Å². The molecule has 0 spiro atoms. The highest BCUT2D eigenvalue weighted by Crippen LogP contribution is 2.60. The van der Waals surface area contributed by atoms with Crippen molar-refractivity contribution in [1.29, 1.82) is 0 Å². The molecule has 2 N–H and O–H groups in total. The van der Waals surface area contributed by atoms with Gasteiger partial charge in [0.2, 0.25) is 0 Å². The second kappa shape index (κ2) is 14.8. The quantitative estimate of drug-likeness (QED) is 0.187. The van der Waals surface area contributed by atoms with E-state index in [0.29, 0.717) is 36.9 Å². The van der Waals surface area contributed by atoms with Gasteiger partial charge in [-0.3, -0.25) is 0 Å². The monoisotopic (exact) mass is 666 g/mol. The van der Waals surface area contributed by atoms with Crippen LogP contribution in [0.15, 0.2) is 97.1 Å². The molecule has 2 nitrogen and oxygen atoms in total. The van der Waals surface area contributed by atoms with Crippen LogP contribution in [0.5, 0.6) is 0 Å². The summed E-state index contributed by atoms with van der Waals surface area (Å²) < 4.78 is 0. The maximum absolute atomic E-state index is 9.96. The van der Waals surface area contributed by atoms with Crippen LogP contribution in [0.1, 0.15) is 125 Å². The molecule has 0 amide bonds. The van der Waals surface area contributed by atoms with E-state index in [0.717, 1.165) is 12.8 Å². The molecule has 0 atom stereocenters. The summed E-state index contributed by atoms with van der Waals surface area (Å²) in [5.74, 6) is 2.36. The van der Waals surface area contributed by atoms with Crippen LogP contribution in [-0.2, 0) is 10.8 Å². The van der Waals surface area contributed by atoms with Crippen LogP contribution in [-0.4, -0.2) is 23.4 Å². The van der Waals surface area contributed by atoms with E-state index in [2.05, 4.69) is 97.1 Å². The van der Waals surface area contributed by atoms with Crippen molar-refractivity contribution in [2.45, 2.75) is 114 Å². The van der Waals surface area contributed by atoms with E-state index in [4.69, 9.17) is 0 Å². The largest absolute Gasteiger partial charge is 0.396 e. The van der Waals surface area contributed by atoms with Crippen molar-refractivity contribution in [3.05, 3.63) is 119 Å². The summed E-state index contributed by atoms with van der Waals surface area (Å²) in [4.78, 5) is 0. The third kappa shape index (κ3) is 6.19. The molecule has 0 heterocycles. The fraction of sp³-hybridized carbons (Fsp3) is 0.500. The fourth-order valence-corrected chi connectivity index (χ4v) is 11.6. The molecule has 4 aliphatic carbocycles. The standard InChI is InChI=1S/C48H58O2/c49-33-37-17-9-13-35(14-10-18-37)31-47(43-25-5-1-21-39(43)40-22-2-6-26-44(40)47)29-30-48(32-36-15-11-19-38(34-50)20-12-16-36)45-27-7-3-23-41(45)42-24-4-8-28-46(42)48/h1-8,21-28,35-38,49-50H,9-20,29-34H2. The van der Waals surface area contributed by atoms with Gasteiger partial charge in [-0.2, -0.15) is 0 Å². The van der Waals surface area contributed by atoms with Crippen LogP contribution < -0.4 is 0 Å². The van der Waals surface area contributed by atoms with Crippen LogP contribution in [0, 0.1) is 23.7 Å². The van der Waals surface area contributed by atoms with Crippen molar-refractivity contribution in [3.63, 3.8) is 0 Å². The number of hydrogen-bond acceptors (Lipinski definition) is 2. The molecule has 0 radical (unpaired) electrons. The van der Waals surface area contributed by atoms with Gasteiger partial charge in [-0.15, -0.1) is 0 Å². The van der Waals surface area contributed by atoms with E-state index in [-0.39, 0.29) is 10.8 Å². The Balaban J connectivity index is 1.21. The molecular weight excluding hydrogens is 609 g/mol. The highest BCUT2D eigenvalue weighted by molar-refractivity contribution is 5.82. The molecule has 2 saturated carbocycles. The summed E-state index contributed by atoms with van der Waals surface area (Å²) in [5.41, 5.74) is 12.0. The van der Waals surface area contributed by atoms with E-state index in [1.165, 1.54) is 112 Å². The van der Waals surface area contributed by atoms with Crippen molar-refractivity contribution in [2.24, 2.45) is 23.7 Å². The highest BCUT2D eigenvalue weighted by atomic mass is 16.3. The molecule has 262 valence electrons. The first-order chi connectivity index (χ1) is 24.6. The molecule has 4 aliphatic rings. The minimum Gasteiger partial charge on any atom is -0.396 e. The summed E-state index contributed by atoms with van der Waals surface area (Å²) in [6.07, 6.45) is 19.5. The lowest BCUT2D eigenvalue weighted by Gasteiger charge is -2.42. The van der Waals surface area contributed by atoms with Crippen LogP contribution in [0.4, 0.5) is 0 Å². The normalized spacial score (nSPS) is 25.2. The van der Waals surface area contributed by atoms with Gasteiger partial charge >= 0.3 is 0 Å². The van der Waals surface area contributed by atoms with E-state index < -0.39 is 0 Å². The molecule has 0 saturated heterocycles. The second-order valence-corrected chi connectivity index (χ2v) is 16.8. The predicted molar refractivity (Wildman–Crippen MR) is 207 cm³/mol. The van der Waals surface area contributed by atoms with Crippen molar-refractivity contribution in [1.82, 2.24) is 0 Å². The summed E-state index contributed by atoms with van der Waals surface area (Å²) in [5, 5.41) is 19.9. The summed E-state index contributed by atoms with van der Waals surface area (Å²) in [6.45, 7) is 0.701. The van der Waals surface area contributed by atoms with Crippen LogP contribution >= 0.6 is 0 Å². The maximum atomic E-state index is 9.96. The van der Waals surface area contributed by atoms with Crippen molar-refractivity contribution in [2.75, 3.05) is 13.2 Å². The topological polar surface area (TPSA) is 40.5 Å². The van der Waals surface area contributed by atoms with Crippen molar-refractivity contribution >= 4 is 0 Å². The molecule has 8 rings (SSSR count). The second-order valence-electron chi connectivity index (χ2n) is 16.8. The zero-order chi connectivity index (χ0) is 34.0. The van der Waals surface area contributed by atoms with E-state index in [1.807, 2.05) is 0 Å². The van der Waals surface area contributed by atoms with Gasteiger partial charge < -0.3 is 10.2 Å². The maximum Gasteiger partial charge on any atom is 0.0459 e. The lowest BCUT2D eigenvalue weighted by Crippen LogP contribution is -2.35. The van der Waals surface area contributed by atoms with Gasteiger partial charge in [0.15, 0.2) is 0 Å². The SMILES string of the molecule is OCC1CCCC(CC2(CCC3(CC4CCCC(CO)CCC4)c4ccccc4-c4ccccc43)c3ccccc3-c3ccccc32)CCC1. The molecule has 50 heavy (non-hydrogen) atoms. The van der Waals surface area contributed by atoms with Gasteiger partial charge in [-0.1, -0.05) is 148 Å². The molecular formula is C48H58O2. The first-order valence-electron chi connectivity index (χ1n) is 20.3. The number of fused-ring (bicyclic) bond motifs is 6. The van der Waals surface area contributed by atoms with Crippen molar-refractivity contribution in [3.8, 4) is 22.3 Å².